The van der Waals surface area contributed by atoms with Gasteiger partial charge in [0, 0.05) is 6.54 Å². The van der Waals surface area contributed by atoms with Gasteiger partial charge in [-0.2, -0.15) is 0 Å². The zero-order valence-corrected chi connectivity index (χ0v) is 11.8. The number of carbonyl (C=O) groups is 1. The number of benzene rings is 1. The average Bonchev–Trinajstić information content (AvgIpc) is 2.96. The van der Waals surface area contributed by atoms with Gasteiger partial charge in [-0.1, -0.05) is 31.2 Å². The van der Waals surface area contributed by atoms with Crippen LogP contribution in [0.15, 0.2) is 41.0 Å². The summed E-state index contributed by atoms with van der Waals surface area (Å²) in [4.78, 5) is 11.3. The first kappa shape index (κ1) is 14.3. The van der Waals surface area contributed by atoms with Gasteiger partial charge in [-0.3, -0.25) is 0 Å². The molecule has 0 radical (unpaired) electrons. The van der Waals surface area contributed by atoms with Gasteiger partial charge in [0.2, 0.25) is 0 Å². The lowest BCUT2D eigenvalue weighted by atomic mass is 10.1. The van der Waals surface area contributed by atoms with Crippen molar-refractivity contribution in [2.24, 2.45) is 0 Å². The molecule has 0 saturated heterocycles. The zero-order chi connectivity index (χ0) is 14.4. The van der Waals surface area contributed by atoms with E-state index in [1.54, 1.807) is 6.07 Å². The van der Waals surface area contributed by atoms with Crippen LogP contribution in [0.2, 0.25) is 0 Å². The summed E-state index contributed by atoms with van der Waals surface area (Å²) in [5, 5.41) is 3.32. The van der Waals surface area contributed by atoms with Gasteiger partial charge in [0.05, 0.1) is 19.2 Å². The van der Waals surface area contributed by atoms with Crippen molar-refractivity contribution in [2.75, 3.05) is 7.11 Å². The molecule has 2 rings (SSSR count). The first-order valence-corrected chi connectivity index (χ1v) is 6.67. The maximum absolute atomic E-state index is 11.3. The second-order valence-electron chi connectivity index (χ2n) is 4.52. The van der Waals surface area contributed by atoms with E-state index in [0.29, 0.717) is 12.1 Å². The van der Waals surface area contributed by atoms with Crippen LogP contribution in [0.4, 0.5) is 0 Å². The maximum Gasteiger partial charge on any atom is 0.341 e. The van der Waals surface area contributed by atoms with Crippen molar-refractivity contribution < 1.29 is 13.9 Å². The average molecular weight is 273 g/mol. The van der Waals surface area contributed by atoms with Crippen molar-refractivity contribution in [3.8, 4) is 0 Å². The number of hydrogen-bond acceptors (Lipinski definition) is 4. The van der Waals surface area contributed by atoms with Crippen LogP contribution in [0.3, 0.4) is 0 Å². The second kappa shape index (κ2) is 6.91. The summed E-state index contributed by atoms with van der Waals surface area (Å²) in [7, 11) is 1.36. The highest BCUT2D eigenvalue weighted by Gasteiger charge is 2.09. The number of nitrogens with one attached hydrogen (secondary N) is 1. The third-order valence-corrected chi connectivity index (χ3v) is 3.19. The van der Waals surface area contributed by atoms with Crippen LogP contribution < -0.4 is 5.32 Å². The molecule has 20 heavy (non-hydrogen) atoms. The number of rotatable bonds is 6. The number of hydrogen-bond donors (Lipinski definition) is 1. The summed E-state index contributed by atoms with van der Waals surface area (Å²) in [6.07, 6.45) is 2.44. The molecule has 0 atom stereocenters. The van der Waals surface area contributed by atoms with Crippen LogP contribution in [-0.4, -0.2) is 13.1 Å². The molecule has 1 aromatic carbocycles. The number of esters is 1. The second-order valence-corrected chi connectivity index (χ2v) is 4.52. The molecule has 0 aliphatic heterocycles. The number of aryl methyl sites for hydroxylation is 1. The third kappa shape index (κ3) is 3.48. The molecule has 1 aromatic heterocycles. The summed E-state index contributed by atoms with van der Waals surface area (Å²) in [6.45, 7) is 3.50. The van der Waals surface area contributed by atoms with Crippen LogP contribution in [-0.2, 0) is 24.2 Å². The van der Waals surface area contributed by atoms with E-state index in [1.807, 2.05) is 6.07 Å². The maximum atomic E-state index is 11.3. The molecule has 1 N–H and O–H groups in total. The Morgan fingerprint density at radius 3 is 2.70 bits per heavy atom. The Morgan fingerprint density at radius 1 is 1.25 bits per heavy atom. The van der Waals surface area contributed by atoms with Crippen molar-refractivity contribution in [2.45, 2.75) is 26.4 Å². The Balaban J connectivity index is 1.89. The Bertz CT molecular complexity index is 575. The third-order valence-electron chi connectivity index (χ3n) is 3.19. The van der Waals surface area contributed by atoms with Crippen molar-refractivity contribution in [1.82, 2.24) is 5.32 Å². The number of furan rings is 1. The Morgan fingerprint density at radius 2 is 2.00 bits per heavy atom. The fourth-order valence-electron chi connectivity index (χ4n) is 2.09. The van der Waals surface area contributed by atoms with Crippen molar-refractivity contribution in [3.63, 3.8) is 0 Å². The van der Waals surface area contributed by atoms with E-state index in [9.17, 15) is 4.79 Å². The van der Waals surface area contributed by atoms with Gasteiger partial charge in [-0.05, 0) is 23.6 Å². The summed E-state index contributed by atoms with van der Waals surface area (Å²) >= 11 is 0. The van der Waals surface area contributed by atoms with Crippen LogP contribution >= 0.6 is 0 Å². The quantitative estimate of drug-likeness (QED) is 0.822. The van der Waals surface area contributed by atoms with Gasteiger partial charge in [-0.15, -0.1) is 0 Å². The zero-order valence-electron chi connectivity index (χ0n) is 11.8. The van der Waals surface area contributed by atoms with Gasteiger partial charge in [0.1, 0.15) is 12.0 Å². The van der Waals surface area contributed by atoms with Crippen molar-refractivity contribution in [3.05, 3.63) is 59.0 Å². The summed E-state index contributed by atoms with van der Waals surface area (Å²) < 4.78 is 9.95. The molecule has 0 fully saturated rings. The lowest BCUT2D eigenvalue weighted by molar-refractivity contribution is 0.0600. The first-order chi connectivity index (χ1) is 9.74. The number of methoxy groups -OCH3 is 1. The molecule has 0 aliphatic carbocycles. The fourth-order valence-corrected chi connectivity index (χ4v) is 2.09. The van der Waals surface area contributed by atoms with Crippen LogP contribution in [0.1, 0.15) is 34.2 Å². The monoisotopic (exact) mass is 273 g/mol. The smallest absolute Gasteiger partial charge is 0.341 e. The van der Waals surface area contributed by atoms with E-state index < -0.39 is 0 Å². The molecule has 0 aliphatic rings. The molecule has 0 amide bonds. The SMILES string of the molecule is CCc1ccccc1CNCc1cc(C(=O)OC)co1. The molecular weight excluding hydrogens is 254 g/mol. The summed E-state index contributed by atoms with van der Waals surface area (Å²) in [5.41, 5.74) is 3.07. The topological polar surface area (TPSA) is 51.5 Å². The first-order valence-electron chi connectivity index (χ1n) is 6.67. The van der Waals surface area contributed by atoms with Crippen molar-refractivity contribution in [1.29, 1.82) is 0 Å². The molecule has 0 unspecified atom stereocenters. The highest BCUT2D eigenvalue weighted by atomic mass is 16.5. The minimum absolute atomic E-state index is 0.378. The van der Waals surface area contributed by atoms with Gasteiger partial charge in [-0.25, -0.2) is 4.79 Å². The standard InChI is InChI=1S/C16H19NO3/c1-3-12-6-4-5-7-13(12)9-17-10-15-8-14(11-20-15)16(18)19-2/h4-8,11,17H,3,9-10H2,1-2H3. The van der Waals surface area contributed by atoms with Gasteiger partial charge >= 0.3 is 5.97 Å². The van der Waals surface area contributed by atoms with Gasteiger partial charge in [0.15, 0.2) is 0 Å². The summed E-state index contributed by atoms with van der Waals surface area (Å²) in [5.74, 6) is 0.343. The summed E-state index contributed by atoms with van der Waals surface area (Å²) in [6, 6.07) is 10.0. The predicted molar refractivity (Wildman–Crippen MR) is 76.4 cm³/mol. The predicted octanol–water partition coefficient (Wildman–Crippen LogP) is 2.92. The van der Waals surface area contributed by atoms with Crippen LogP contribution in [0.5, 0.6) is 0 Å². The molecular formula is C16H19NO3. The lowest BCUT2D eigenvalue weighted by Gasteiger charge is -2.08. The minimum atomic E-state index is -0.378. The minimum Gasteiger partial charge on any atom is -0.467 e. The molecule has 1 heterocycles. The highest BCUT2D eigenvalue weighted by Crippen LogP contribution is 2.11. The Kier molecular flexibility index (Phi) is 4.96. The van der Waals surface area contributed by atoms with Gasteiger partial charge < -0.3 is 14.5 Å². The van der Waals surface area contributed by atoms with Crippen molar-refractivity contribution >= 4 is 5.97 Å². The van der Waals surface area contributed by atoms with E-state index >= 15 is 0 Å². The number of carbonyl (C=O) groups excluding carboxylic acids is 1. The number of ether oxygens (including phenoxy) is 1. The van der Waals surface area contributed by atoms with E-state index in [-0.39, 0.29) is 5.97 Å². The molecule has 4 heteroatoms. The molecule has 2 aromatic rings. The van der Waals surface area contributed by atoms with E-state index in [1.165, 1.54) is 24.5 Å². The molecule has 0 saturated carbocycles. The lowest BCUT2D eigenvalue weighted by Crippen LogP contribution is -2.13. The van der Waals surface area contributed by atoms with Gasteiger partial charge in [0.25, 0.3) is 0 Å². The Labute approximate surface area is 118 Å². The van der Waals surface area contributed by atoms with E-state index in [0.717, 1.165) is 18.7 Å². The largest absolute Gasteiger partial charge is 0.467 e. The van der Waals surface area contributed by atoms with Crippen LogP contribution in [0.25, 0.3) is 0 Å². The van der Waals surface area contributed by atoms with Crippen LogP contribution in [0, 0.1) is 0 Å². The van der Waals surface area contributed by atoms with E-state index in [4.69, 9.17) is 4.42 Å². The molecule has 106 valence electrons. The normalized spacial score (nSPS) is 10.5. The molecule has 0 spiro atoms. The highest BCUT2D eigenvalue weighted by molar-refractivity contribution is 5.88. The fraction of sp³-hybridized carbons (Fsp3) is 0.312. The Hall–Kier alpha value is -2.07. The van der Waals surface area contributed by atoms with E-state index in [2.05, 4.69) is 35.2 Å². The molecule has 4 nitrogen and oxygen atoms in total. The molecule has 0 bridgehead atoms.